The number of nitrogens with zero attached hydrogens (tertiary/aromatic N) is 3. The number of nitrogens with one attached hydrogen (secondary N) is 2. The summed E-state index contributed by atoms with van der Waals surface area (Å²) in [4.78, 5) is 4.83. The van der Waals surface area contributed by atoms with Gasteiger partial charge in [0.05, 0.1) is 11.4 Å². The molecule has 32 heavy (non-hydrogen) atoms. The van der Waals surface area contributed by atoms with Gasteiger partial charge in [0.25, 0.3) is 0 Å². The molecular formula is C27H29N5. The van der Waals surface area contributed by atoms with Crippen LogP contribution in [0, 0.1) is 0 Å². The normalized spacial score (nSPS) is 16.6. The van der Waals surface area contributed by atoms with Gasteiger partial charge in [-0.15, -0.1) is 0 Å². The Morgan fingerprint density at radius 1 is 0.844 bits per heavy atom. The second-order valence-corrected chi connectivity index (χ2v) is 8.47. The van der Waals surface area contributed by atoms with E-state index < -0.39 is 0 Å². The predicted octanol–water partition coefficient (Wildman–Crippen LogP) is 4.58. The third-order valence-electron chi connectivity index (χ3n) is 6.12. The molecule has 0 spiro atoms. The Balaban J connectivity index is 1.20. The van der Waals surface area contributed by atoms with Crippen molar-refractivity contribution in [2.45, 2.75) is 6.54 Å². The van der Waals surface area contributed by atoms with E-state index in [-0.39, 0.29) is 0 Å². The molecule has 2 aliphatic heterocycles. The lowest BCUT2D eigenvalue weighted by molar-refractivity contribution is 0.313. The third-order valence-corrected chi connectivity index (χ3v) is 6.12. The first kappa shape index (κ1) is 20.3. The van der Waals surface area contributed by atoms with Gasteiger partial charge in [-0.1, -0.05) is 36.4 Å². The van der Waals surface area contributed by atoms with E-state index in [1.165, 1.54) is 27.9 Å². The number of piperazine rings is 1. The van der Waals surface area contributed by atoms with Crippen molar-refractivity contribution in [2.24, 2.45) is 0 Å². The topological polar surface area (TPSA) is 47.2 Å². The van der Waals surface area contributed by atoms with Crippen LogP contribution in [-0.4, -0.2) is 48.3 Å². The number of aromatic amines is 1. The van der Waals surface area contributed by atoms with E-state index in [0.717, 1.165) is 44.1 Å². The Bertz CT molecular complexity index is 1150. The molecule has 5 heteroatoms. The van der Waals surface area contributed by atoms with Crippen LogP contribution in [0.25, 0.3) is 30.4 Å². The lowest BCUT2D eigenvalue weighted by atomic mass is 10.0. The summed E-state index contributed by atoms with van der Waals surface area (Å²) in [6, 6.07) is 17.4. The molecule has 2 aromatic carbocycles. The quantitative estimate of drug-likeness (QED) is 0.631. The molecule has 5 rings (SSSR count). The highest BCUT2D eigenvalue weighted by atomic mass is 15.2. The lowest BCUT2D eigenvalue weighted by Crippen LogP contribution is -2.44. The fourth-order valence-electron chi connectivity index (χ4n) is 4.11. The summed E-state index contributed by atoms with van der Waals surface area (Å²) < 4.78 is 0. The van der Waals surface area contributed by atoms with Crippen LogP contribution in [0.1, 0.15) is 33.6 Å². The number of aromatic nitrogens is 2. The molecule has 1 aromatic heterocycles. The van der Waals surface area contributed by atoms with Gasteiger partial charge in [0.1, 0.15) is 0 Å². The van der Waals surface area contributed by atoms with Crippen molar-refractivity contribution in [1.29, 1.82) is 0 Å². The van der Waals surface area contributed by atoms with Gasteiger partial charge in [0.2, 0.25) is 0 Å². The number of rotatable bonds is 5. The van der Waals surface area contributed by atoms with Gasteiger partial charge in [0, 0.05) is 38.4 Å². The fraction of sp³-hybridized carbons (Fsp3) is 0.222. The van der Waals surface area contributed by atoms with Gasteiger partial charge in [-0.25, -0.2) is 0 Å². The molecule has 2 N–H and O–H groups in total. The largest absolute Gasteiger partial charge is 0.387 e. The Labute approximate surface area is 189 Å². The van der Waals surface area contributed by atoms with Crippen molar-refractivity contribution in [3.05, 3.63) is 88.4 Å². The van der Waals surface area contributed by atoms with E-state index >= 15 is 0 Å². The summed E-state index contributed by atoms with van der Waals surface area (Å²) in [5.41, 5.74) is 8.19. The molecule has 3 aromatic rings. The highest BCUT2D eigenvalue weighted by Gasteiger charge is 2.13. The van der Waals surface area contributed by atoms with Crippen molar-refractivity contribution in [2.75, 3.05) is 38.1 Å². The van der Waals surface area contributed by atoms with Crippen LogP contribution in [0.3, 0.4) is 0 Å². The molecule has 1 fully saturated rings. The van der Waals surface area contributed by atoms with Crippen LogP contribution in [0.15, 0.2) is 54.7 Å². The zero-order valence-electron chi connectivity index (χ0n) is 18.5. The van der Waals surface area contributed by atoms with Gasteiger partial charge in [-0.2, -0.15) is 5.10 Å². The zero-order valence-corrected chi connectivity index (χ0v) is 18.5. The predicted molar refractivity (Wildman–Crippen MR) is 135 cm³/mol. The number of hydrogen-bond acceptors (Lipinski definition) is 4. The molecule has 0 atom stereocenters. The second-order valence-electron chi connectivity index (χ2n) is 8.47. The Morgan fingerprint density at radius 2 is 1.62 bits per heavy atom. The van der Waals surface area contributed by atoms with Crippen molar-refractivity contribution >= 4 is 36.1 Å². The van der Waals surface area contributed by atoms with E-state index in [0.29, 0.717) is 0 Å². The standard InChI is InChI=1S/C27H29N5/c1-31-14-16-32(17-15-31)27-10-5-21(6-11-27)3-8-25-19-26(30-29-25)9-4-22-2-7-23-12-13-28-20-24(23)18-22/h2-13,18-19,28H,14-17,20H2,1H3,(H,29,30)/b8-3+,9-4+. The van der Waals surface area contributed by atoms with E-state index in [1.54, 1.807) is 0 Å². The molecule has 0 aliphatic carbocycles. The molecule has 3 heterocycles. The minimum absolute atomic E-state index is 0.878. The number of benzene rings is 2. The lowest BCUT2D eigenvalue weighted by Gasteiger charge is -2.34. The molecule has 0 radical (unpaired) electrons. The maximum atomic E-state index is 4.42. The summed E-state index contributed by atoms with van der Waals surface area (Å²) >= 11 is 0. The summed E-state index contributed by atoms with van der Waals surface area (Å²) in [5.74, 6) is 0. The number of hydrogen-bond donors (Lipinski definition) is 2. The van der Waals surface area contributed by atoms with E-state index in [1.807, 2.05) is 6.20 Å². The first-order chi connectivity index (χ1) is 15.7. The van der Waals surface area contributed by atoms with E-state index in [9.17, 15) is 0 Å². The minimum Gasteiger partial charge on any atom is -0.387 e. The van der Waals surface area contributed by atoms with Crippen molar-refractivity contribution in [3.63, 3.8) is 0 Å². The molecule has 0 bridgehead atoms. The van der Waals surface area contributed by atoms with E-state index in [2.05, 4.69) is 111 Å². The number of H-pyrrole nitrogens is 1. The van der Waals surface area contributed by atoms with Crippen LogP contribution in [0.2, 0.25) is 0 Å². The molecule has 0 amide bonds. The molecule has 0 unspecified atom stereocenters. The summed E-state index contributed by atoms with van der Waals surface area (Å²) in [6.07, 6.45) is 12.5. The van der Waals surface area contributed by atoms with Gasteiger partial charge in [-0.05, 0) is 78.0 Å². The molecule has 5 nitrogen and oxygen atoms in total. The van der Waals surface area contributed by atoms with Crippen LogP contribution in [-0.2, 0) is 6.54 Å². The molecule has 2 aliphatic rings. The van der Waals surface area contributed by atoms with Crippen LogP contribution in [0.4, 0.5) is 5.69 Å². The Kier molecular flexibility index (Phi) is 5.90. The molecular weight excluding hydrogens is 394 g/mol. The number of anilines is 1. The van der Waals surface area contributed by atoms with Gasteiger partial charge in [-0.3, -0.25) is 5.10 Å². The monoisotopic (exact) mass is 423 g/mol. The van der Waals surface area contributed by atoms with Crippen LogP contribution < -0.4 is 10.2 Å². The average molecular weight is 424 g/mol. The SMILES string of the molecule is CN1CCN(c2ccc(/C=C/c3cc(/C=C/c4ccc5c(c4)CNC=C5)[nH]n3)cc2)CC1. The number of fused-ring (bicyclic) bond motifs is 1. The first-order valence-electron chi connectivity index (χ1n) is 11.2. The van der Waals surface area contributed by atoms with Gasteiger partial charge in [0.15, 0.2) is 0 Å². The minimum atomic E-state index is 0.878. The third kappa shape index (κ3) is 4.84. The van der Waals surface area contributed by atoms with Gasteiger partial charge >= 0.3 is 0 Å². The maximum Gasteiger partial charge on any atom is 0.0854 e. The fourth-order valence-corrected chi connectivity index (χ4v) is 4.11. The Hall–Kier alpha value is -3.57. The van der Waals surface area contributed by atoms with Crippen molar-refractivity contribution < 1.29 is 0 Å². The summed E-state index contributed by atoms with van der Waals surface area (Å²) in [6.45, 7) is 5.31. The Morgan fingerprint density at radius 3 is 2.47 bits per heavy atom. The molecule has 162 valence electrons. The van der Waals surface area contributed by atoms with Crippen LogP contribution >= 0.6 is 0 Å². The molecule has 1 saturated heterocycles. The summed E-state index contributed by atoms with van der Waals surface area (Å²) in [7, 11) is 2.19. The van der Waals surface area contributed by atoms with Crippen molar-refractivity contribution in [1.82, 2.24) is 20.4 Å². The first-order valence-corrected chi connectivity index (χ1v) is 11.2. The zero-order chi connectivity index (χ0) is 21.8. The smallest absolute Gasteiger partial charge is 0.0854 e. The summed E-state index contributed by atoms with van der Waals surface area (Å²) in [5, 5.41) is 10.8. The van der Waals surface area contributed by atoms with Crippen molar-refractivity contribution in [3.8, 4) is 0 Å². The van der Waals surface area contributed by atoms with Gasteiger partial charge < -0.3 is 15.1 Å². The number of likely N-dealkylation sites (N-methyl/N-ethyl adjacent to an activating group) is 1. The highest BCUT2D eigenvalue weighted by Crippen LogP contribution is 2.20. The maximum absolute atomic E-state index is 4.42. The average Bonchev–Trinajstić information content (AvgIpc) is 3.30. The highest BCUT2D eigenvalue weighted by molar-refractivity contribution is 5.73. The van der Waals surface area contributed by atoms with E-state index in [4.69, 9.17) is 0 Å². The van der Waals surface area contributed by atoms with Crippen LogP contribution in [0.5, 0.6) is 0 Å². The second kappa shape index (κ2) is 9.28. The molecule has 0 saturated carbocycles.